The molecular formula is C21H14Cl2N2O2. The van der Waals surface area contributed by atoms with Crippen LogP contribution in [0.4, 0.5) is 5.69 Å². The lowest BCUT2D eigenvalue weighted by Gasteiger charge is -2.02. The third-order valence-electron chi connectivity index (χ3n) is 4.12. The topological polar surface area (TPSA) is 58.6 Å². The fourth-order valence-electron chi connectivity index (χ4n) is 2.76. The maximum Gasteiger partial charge on any atom is 0.227 e. The summed E-state index contributed by atoms with van der Waals surface area (Å²) in [5, 5.41) is 10.6. The number of oxazole rings is 1. The molecule has 0 bridgehead atoms. The number of fused-ring (bicyclic) bond motifs is 1. The van der Waals surface area contributed by atoms with Crippen molar-refractivity contribution in [3.63, 3.8) is 0 Å². The number of aromatic hydroxyl groups is 1. The van der Waals surface area contributed by atoms with Crippen LogP contribution in [0.1, 0.15) is 11.1 Å². The van der Waals surface area contributed by atoms with E-state index in [0.29, 0.717) is 22.2 Å². The zero-order valence-electron chi connectivity index (χ0n) is 14.3. The number of benzene rings is 3. The lowest BCUT2D eigenvalue weighted by Crippen LogP contribution is -1.84. The number of rotatable bonds is 3. The van der Waals surface area contributed by atoms with Gasteiger partial charge in [0.15, 0.2) is 5.58 Å². The van der Waals surface area contributed by atoms with Gasteiger partial charge < -0.3 is 9.52 Å². The fourth-order valence-corrected chi connectivity index (χ4v) is 3.27. The number of phenolic OH excluding ortho intramolecular Hbond substituents is 1. The summed E-state index contributed by atoms with van der Waals surface area (Å²) >= 11 is 11.9. The lowest BCUT2D eigenvalue weighted by atomic mass is 10.2. The third-order valence-corrected chi connectivity index (χ3v) is 4.63. The van der Waals surface area contributed by atoms with Crippen LogP contribution in [0.5, 0.6) is 5.75 Å². The Morgan fingerprint density at radius 3 is 2.70 bits per heavy atom. The Labute approximate surface area is 165 Å². The van der Waals surface area contributed by atoms with Gasteiger partial charge in [-0.2, -0.15) is 0 Å². The van der Waals surface area contributed by atoms with E-state index in [1.165, 1.54) is 12.3 Å². The van der Waals surface area contributed by atoms with Crippen LogP contribution in [0.25, 0.3) is 22.6 Å². The zero-order valence-corrected chi connectivity index (χ0v) is 15.8. The van der Waals surface area contributed by atoms with E-state index < -0.39 is 0 Å². The summed E-state index contributed by atoms with van der Waals surface area (Å²) in [6.45, 7) is 2.00. The van der Waals surface area contributed by atoms with Crippen LogP contribution in [0.15, 0.2) is 64.0 Å². The number of hydrogen-bond donors (Lipinski definition) is 1. The lowest BCUT2D eigenvalue weighted by molar-refractivity contribution is 0.475. The molecule has 1 aromatic heterocycles. The first-order chi connectivity index (χ1) is 13.0. The van der Waals surface area contributed by atoms with E-state index in [1.54, 1.807) is 6.07 Å². The SMILES string of the molecule is Cc1cccc2oc(-c3cccc(N=Cc4cc(Cl)cc(Cl)c4O)c3)nc12. The third kappa shape index (κ3) is 3.54. The molecule has 6 heteroatoms. The molecule has 0 amide bonds. The molecule has 0 unspecified atom stereocenters. The highest BCUT2D eigenvalue weighted by molar-refractivity contribution is 6.36. The van der Waals surface area contributed by atoms with Crippen molar-refractivity contribution in [2.45, 2.75) is 6.92 Å². The summed E-state index contributed by atoms with van der Waals surface area (Å²) in [4.78, 5) is 8.99. The van der Waals surface area contributed by atoms with Gasteiger partial charge in [0.25, 0.3) is 0 Å². The number of aromatic nitrogens is 1. The van der Waals surface area contributed by atoms with Gasteiger partial charge in [0, 0.05) is 22.4 Å². The average molecular weight is 397 g/mol. The second kappa shape index (κ2) is 7.06. The van der Waals surface area contributed by atoms with Crippen LogP contribution in [0, 0.1) is 6.92 Å². The Bertz CT molecular complexity index is 1180. The number of para-hydroxylation sites is 1. The van der Waals surface area contributed by atoms with Crippen molar-refractivity contribution in [1.82, 2.24) is 4.98 Å². The summed E-state index contributed by atoms with van der Waals surface area (Å²) in [6, 6.07) is 16.4. The molecule has 4 rings (SSSR count). The molecule has 0 radical (unpaired) electrons. The van der Waals surface area contributed by atoms with E-state index in [4.69, 9.17) is 27.6 Å². The molecular weight excluding hydrogens is 383 g/mol. The van der Waals surface area contributed by atoms with Gasteiger partial charge in [-0.25, -0.2) is 4.98 Å². The molecule has 3 aromatic carbocycles. The van der Waals surface area contributed by atoms with E-state index in [9.17, 15) is 5.11 Å². The highest BCUT2D eigenvalue weighted by atomic mass is 35.5. The largest absolute Gasteiger partial charge is 0.506 e. The van der Waals surface area contributed by atoms with Crippen LogP contribution in [0.3, 0.4) is 0 Å². The average Bonchev–Trinajstić information content (AvgIpc) is 3.09. The fraction of sp³-hybridized carbons (Fsp3) is 0.0476. The summed E-state index contributed by atoms with van der Waals surface area (Å²) in [5.74, 6) is 0.473. The Balaban J connectivity index is 1.69. The minimum atomic E-state index is -0.0598. The second-order valence-corrected chi connectivity index (χ2v) is 6.92. The van der Waals surface area contributed by atoms with Gasteiger partial charge in [-0.3, -0.25) is 4.99 Å². The van der Waals surface area contributed by atoms with Crippen molar-refractivity contribution in [1.29, 1.82) is 0 Å². The van der Waals surface area contributed by atoms with Gasteiger partial charge >= 0.3 is 0 Å². The molecule has 0 aliphatic rings. The van der Waals surface area contributed by atoms with E-state index in [2.05, 4.69) is 9.98 Å². The molecule has 0 fully saturated rings. The molecule has 0 saturated carbocycles. The molecule has 4 nitrogen and oxygen atoms in total. The normalized spacial score (nSPS) is 11.5. The van der Waals surface area contributed by atoms with Crippen LogP contribution < -0.4 is 0 Å². The number of phenols is 1. The van der Waals surface area contributed by atoms with E-state index >= 15 is 0 Å². The van der Waals surface area contributed by atoms with Gasteiger partial charge in [-0.1, -0.05) is 41.4 Å². The van der Waals surface area contributed by atoms with Crippen molar-refractivity contribution >= 4 is 46.2 Å². The molecule has 1 heterocycles. The highest BCUT2D eigenvalue weighted by Crippen LogP contribution is 2.31. The quantitative estimate of drug-likeness (QED) is 0.398. The summed E-state index contributed by atoms with van der Waals surface area (Å²) in [6.07, 6.45) is 1.52. The van der Waals surface area contributed by atoms with Crippen LogP contribution in [-0.2, 0) is 0 Å². The van der Waals surface area contributed by atoms with Gasteiger partial charge in [-0.05, 0) is 48.9 Å². The Hall–Kier alpha value is -2.82. The maximum absolute atomic E-state index is 10.0. The van der Waals surface area contributed by atoms with Crippen LogP contribution >= 0.6 is 23.2 Å². The van der Waals surface area contributed by atoms with Gasteiger partial charge in [0.2, 0.25) is 5.89 Å². The molecule has 0 aliphatic carbocycles. The minimum Gasteiger partial charge on any atom is -0.506 e. The summed E-state index contributed by atoms with van der Waals surface area (Å²) in [5.41, 5.74) is 4.59. The van der Waals surface area contributed by atoms with Crippen molar-refractivity contribution in [2.75, 3.05) is 0 Å². The van der Waals surface area contributed by atoms with E-state index in [1.807, 2.05) is 49.4 Å². The van der Waals surface area contributed by atoms with Crippen molar-refractivity contribution in [3.8, 4) is 17.2 Å². The second-order valence-electron chi connectivity index (χ2n) is 6.07. The molecule has 0 atom stereocenters. The first-order valence-corrected chi connectivity index (χ1v) is 8.95. The molecule has 134 valence electrons. The van der Waals surface area contributed by atoms with Crippen molar-refractivity contribution < 1.29 is 9.52 Å². The number of nitrogens with zero attached hydrogens (tertiary/aromatic N) is 2. The molecule has 4 aromatic rings. The predicted molar refractivity (Wildman–Crippen MR) is 110 cm³/mol. The van der Waals surface area contributed by atoms with Crippen LogP contribution in [0.2, 0.25) is 10.0 Å². The molecule has 0 spiro atoms. The zero-order chi connectivity index (χ0) is 19.0. The van der Waals surface area contributed by atoms with Gasteiger partial charge in [0.05, 0.1) is 10.7 Å². The van der Waals surface area contributed by atoms with Gasteiger partial charge in [0.1, 0.15) is 11.3 Å². The van der Waals surface area contributed by atoms with Gasteiger partial charge in [-0.15, -0.1) is 0 Å². The Morgan fingerprint density at radius 2 is 1.89 bits per heavy atom. The Morgan fingerprint density at radius 1 is 1.07 bits per heavy atom. The Kier molecular flexibility index (Phi) is 4.60. The number of halogens is 2. The molecule has 0 aliphatic heterocycles. The summed E-state index contributed by atoms with van der Waals surface area (Å²) in [7, 11) is 0. The smallest absolute Gasteiger partial charge is 0.227 e. The number of hydrogen-bond acceptors (Lipinski definition) is 4. The standard InChI is InChI=1S/C21H14Cl2N2O2/c1-12-4-2-7-18-19(12)25-21(27-18)13-5-3-6-16(9-13)24-11-14-8-15(22)10-17(23)20(14)26/h2-11,26H,1H3. The molecule has 0 saturated heterocycles. The van der Waals surface area contributed by atoms with Crippen molar-refractivity contribution in [2.24, 2.45) is 4.99 Å². The summed E-state index contributed by atoms with van der Waals surface area (Å²) < 4.78 is 5.87. The van der Waals surface area contributed by atoms with Crippen LogP contribution in [-0.4, -0.2) is 16.3 Å². The predicted octanol–water partition coefficient (Wildman–Crippen LogP) is 6.57. The van der Waals surface area contributed by atoms with Crippen molar-refractivity contribution in [3.05, 3.63) is 75.8 Å². The molecule has 1 N–H and O–H groups in total. The first-order valence-electron chi connectivity index (χ1n) is 8.20. The monoisotopic (exact) mass is 396 g/mol. The number of aliphatic imine (C=N–C) groups is 1. The van der Waals surface area contributed by atoms with E-state index in [0.717, 1.165) is 22.2 Å². The maximum atomic E-state index is 10.0. The first kappa shape index (κ1) is 17.6. The number of aryl methyl sites for hydroxylation is 1. The van der Waals surface area contributed by atoms with E-state index in [-0.39, 0.29) is 10.8 Å². The minimum absolute atomic E-state index is 0.0598. The molecule has 27 heavy (non-hydrogen) atoms. The highest BCUT2D eigenvalue weighted by Gasteiger charge is 2.10.